The largest absolute Gasteiger partial charge is 0.291 e. The van der Waals surface area contributed by atoms with Gasteiger partial charge in [0, 0.05) is 0 Å². The van der Waals surface area contributed by atoms with E-state index in [0.29, 0.717) is 0 Å². The molecule has 0 N–H and O–H groups in total. The number of ketones is 2. The van der Waals surface area contributed by atoms with Gasteiger partial charge in [-0.1, -0.05) is 0 Å². The molecule has 0 radical (unpaired) electrons. The lowest BCUT2D eigenvalue weighted by molar-refractivity contribution is -0.116. The average molecular weight is 395 g/mol. The second-order valence-corrected chi connectivity index (χ2v) is 6.27. The van der Waals surface area contributed by atoms with Gasteiger partial charge in [0.05, 0.1) is 11.4 Å². The normalized spacial score (nSPS) is 23.7. The van der Waals surface area contributed by atoms with Crippen LogP contribution in [-0.2, 0) is 9.59 Å². The molecule has 2 aromatic carbocycles. The molecule has 26 heavy (non-hydrogen) atoms. The second-order valence-electron chi connectivity index (χ2n) is 5.40. The summed E-state index contributed by atoms with van der Waals surface area (Å²) in [5.41, 5.74) is 0.0506. The molecule has 0 spiro atoms. The minimum absolute atomic E-state index is 0.235. The Bertz CT molecular complexity index is 848. The molecule has 0 bridgehead atoms. The van der Waals surface area contributed by atoms with Crippen molar-refractivity contribution >= 4 is 57.6 Å². The lowest BCUT2D eigenvalue weighted by atomic mass is 9.92. The molecule has 1 saturated carbocycles. The molecule has 0 heterocycles. The van der Waals surface area contributed by atoms with E-state index in [2.05, 4.69) is 9.98 Å². The fraction of sp³-hybridized carbons (Fsp3) is 0.111. The van der Waals surface area contributed by atoms with Crippen LogP contribution in [0.15, 0.2) is 58.5 Å². The van der Waals surface area contributed by atoms with Gasteiger partial charge in [-0.2, -0.15) is 0 Å². The van der Waals surface area contributed by atoms with Gasteiger partial charge in [-0.25, -0.2) is 18.8 Å². The third-order valence-electron chi connectivity index (χ3n) is 3.60. The number of rotatable bonds is 2. The summed E-state index contributed by atoms with van der Waals surface area (Å²) in [6.07, 6.45) is 0. The zero-order valence-corrected chi connectivity index (χ0v) is 14.5. The van der Waals surface area contributed by atoms with Crippen LogP contribution in [-0.4, -0.2) is 33.7 Å². The summed E-state index contributed by atoms with van der Waals surface area (Å²) < 4.78 is 25.9. The van der Waals surface area contributed by atoms with Crippen molar-refractivity contribution in [3.05, 3.63) is 60.2 Å². The van der Waals surface area contributed by atoms with E-state index in [1.807, 2.05) is 0 Å². The van der Waals surface area contributed by atoms with Crippen LogP contribution < -0.4 is 0 Å². The van der Waals surface area contributed by atoms with Crippen LogP contribution in [0.1, 0.15) is 0 Å². The highest BCUT2D eigenvalue weighted by atomic mass is 35.5. The van der Waals surface area contributed by atoms with E-state index in [9.17, 15) is 18.4 Å². The highest BCUT2D eigenvalue weighted by Gasteiger charge is 2.44. The summed E-state index contributed by atoms with van der Waals surface area (Å²) in [5.74, 6) is -2.27. The zero-order valence-electron chi connectivity index (χ0n) is 13.0. The van der Waals surface area contributed by atoms with Crippen molar-refractivity contribution in [1.29, 1.82) is 0 Å². The molecule has 3 rings (SSSR count). The second kappa shape index (κ2) is 7.43. The Morgan fingerprint density at radius 3 is 1.27 bits per heavy atom. The summed E-state index contributed by atoms with van der Waals surface area (Å²) in [4.78, 5) is 33.1. The van der Waals surface area contributed by atoms with Crippen molar-refractivity contribution in [2.24, 2.45) is 9.98 Å². The lowest BCUT2D eigenvalue weighted by Crippen LogP contribution is -2.50. The number of Topliss-reactive ketones (excluding diaryl/α,β-unsaturated/α-hetero) is 2. The summed E-state index contributed by atoms with van der Waals surface area (Å²) in [6, 6.07) is 10.0. The van der Waals surface area contributed by atoms with Crippen LogP contribution in [0.3, 0.4) is 0 Å². The van der Waals surface area contributed by atoms with Gasteiger partial charge in [0.15, 0.2) is 0 Å². The van der Waals surface area contributed by atoms with Gasteiger partial charge >= 0.3 is 0 Å². The van der Waals surface area contributed by atoms with E-state index in [4.69, 9.17) is 23.2 Å². The predicted molar refractivity (Wildman–Crippen MR) is 96.3 cm³/mol. The number of nitrogens with zero attached hydrogens (tertiary/aromatic N) is 2. The molecule has 0 aromatic heterocycles. The number of halogens is 4. The number of benzene rings is 2. The van der Waals surface area contributed by atoms with Crippen molar-refractivity contribution < 1.29 is 18.4 Å². The minimum atomic E-state index is -1.37. The molecule has 2 atom stereocenters. The predicted octanol–water partition coefficient (Wildman–Crippen LogP) is 4.18. The monoisotopic (exact) mass is 394 g/mol. The molecule has 1 aliphatic carbocycles. The van der Waals surface area contributed by atoms with Gasteiger partial charge in [-0.15, -0.1) is 23.2 Å². The average Bonchev–Trinajstić information content (AvgIpc) is 2.64. The smallest absolute Gasteiger partial charge is 0.203 e. The first-order valence-electron chi connectivity index (χ1n) is 7.41. The number of carbonyl (C=O) groups is 2. The quantitative estimate of drug-likeness (QED) is 0.717. The number of hydrogen-bond acceptors (Lipinski definition) is 4. The molecule has 2 unspecified atom stereocenters. The van der Waals surface area contributed by atoms with Crippen LogP contribution in [0.25, 0.3) is 0 Å². The van der Waals surface area contributed by atoms with Crippen LogP contribution in [0.4, 0.5) is 20.2 Å². The van der Waals surface area contributed by atoms with Crippen LogP contribution >= 0.6 is 23.2 Å². The van der Waals surface area contributed by atoms with Gasteiger partial charge in [0.2, 0.25) is 11.6 Å². The van der Waals surface area contributed by atoms with Crippen molar-refractivity contribution in [3.8, 4) is 0 Å². The van der Waals surface area contributed by atoms with Crippen molar-refractivity contribution in [3.63, 3.8) is 0 Å². The molecule has 132 valence electrons. The maximum Gasteiger partial charge on any atom is 0.203 e. The summed E-state index contributed by atoms with van der Waals surface area (Å²) >= 11 is 12.2. The van der Waals surface area contributed by atoms with Gasteiger partial charge in [-0.05, 0) is 48.5 Å². The molecule has 0 saturated heterocycles. The van der Waals surface area contributed by atoms with Gasteiger partial charge in [0.25, 0.3) is 0 Å². The molecule has 0 aliphatic heterocycles. The molecular formula is C18H10Cl2F2N2O2. The summed E-state index contributed by atoms with van der Waals surface area (Å²) in [6.45, 7) is 0. The first kappa shape index (κ1) is 18.4. The fourth-order valence-electron chi connectivity index (χ4n) is 2.29. The fourth-order valence-corrected chi connectivity index (χ4v) is 2.83. The Hall–Kier alpha value is -2.44. The summed E-state index contributed by atoms with van der Waals surface area (Å²) in [7, 11) is 0. The topological polar surface area (TPSA) is 58.9 Å². The van der Waals surface area contributed by atoms with E-state index in [1.54, 1.807) is 0 Å². The maximum absolute atomic E-state index is 13.0. The Balaban J connectivity index is 1.96. The standard InChI is InChI=1S/C18H10Cl2F2N2O2/c19-13-15(23-11-5-1-9(21)2-6-11)17(25)14(20)16(18(13)26)24-12-7-3-10(22)4-8-12/h1-8,13-14H. The molecule has 1 fully saturated rings. The Morgan fingerprint density at radius 1 is 0.654 bits per heavy atom. The van der Waals surface area contributed by atoms with Gasteiger partial charge in [0.1, 0.15) is 33.8 Å². The molecule has 1 aliphatic rings. The van der Waals surface area contributed by atoms with Crippen LogP contribution in [0.2, 0.25) is 0 Å². The Labute approximate surface area is 157 Å². The van der Waals surface area contributed by atoms with Crippen LogP contribution in [0, 0.1) is 11.6 Å². The van der Waals surface area contributed by atoms with Gasteiger partial charge < -0.3 is 0 Å². The summed E-state index contributed by atoms with van der Waals surface area (Å²) in [5, 5.41) is -2.75. The van der Waals surface area contributed by atoms with E-state index in [1.165, 1.54) is 24.3 Å². The third-order valence-corrected chi connectivity index (χ3v) is 4.41. The van der Waals surface area contributed by atoms with E-state index >= 15 is 0 Å². The highest BCUT2D eigenvalue weighted by Crippen LogP contribution is 2.24. The first-order valence-corrected chi connectivity index (χ1v) is 8.29. The number of aliphatic imine (C=N–C) groups is 2. The van der Waals surface area contributed by atoms with Crippen molar-refractivity contribution in [2.45, 2.75) is 10.8 Å². The third kappa shape index (κ3) is 3.71. The first-order chi connectivity index (χ1) is 12.4. The van der Waals surface area contributed by atoms with Gasteiger partial charge in [-0.3, -0.25) is 9.59 Å². The number of hydrogen-bond donors (Lipinski definition) is 0. The van der Waals surface area contributed by atoms with Crippen LogP contribution in [0.5, 0.6) is 0 Å². The molecule has 2 aromatic rings. The highest BCUT2D eigenvalue weighted by molar-refractivity contribution is 6.79. The SMILES string of the molecule is O=C1C(=Nc2ccc(F)cc2)C(Cl)C(=O)C(=Nc2ccc(F)cc2)C1Cl. The van der Waals surface area contributed by atoms with E-state index < -0.39 is 34.0 Å². The minimum Gasteiger partial charge on any atom is -0.291 e. The lowest BCUT2D eigenvalue weighted by Gasteiger charge is -2.22. The maximum atomic E-state index is 13.0. The zero-order chi connectivity index (χ0) is 18.8. The van der Waals surface area contributed by atoms with Crippen molar-refractivity contribution in [1.82, 2.24) is 0 Å². The Morgan fingerprint density at radius 2 is 0.962 bits per heavy atom. The van der Waals surface area contributed by atoms with E-state index in [0.717, 1.165) is 24.3 Å². The van der Waals surface area contributed by atoms with E-state index in [-0.39, 0.29) is 22.8 Å². The van der Waals surface area contributed by atoms with Crippen molar-refractivity contribution in [2.75, 3.05) is 0 Å². The molecule has 4 nitrogen and oxygen atoms in total. The molecule has 0 amide bonds. The molecule has 8 heteroatoms. The molecular weight excluding hydrogens is 385 g/mol. The number of carbonyl (C=O) groups excluding carboxylic acids is 2. The number of alkyl halides is 2. The Kier molecular flexibility index (Phi) is 5.25.